The van der Waals surface area contributed by atoms with E-state index in [1.165, 1.54) is 11.0 Å². The van der Waals surface area contributed by atoms with Gasteiger partial charge in [-0.15, -0.1) is 0 Å². The van der Waals surface area contributed by atoms with Crippen LogP contribution >= 0.6 is 0 Å². The Kier molecular flexibility index (Phi) is 4.20. The molecule has 2 aromatic rings. The molecule has 2 aliphatic heterocycles. The topological polar surface area (TPSA) is 75.9 Å². The number of hydrogen-bond donors (Lipinski definition) is 0. The van der Waals surface area contributed by atoms with E-state index in [2.05, 4.69) is 5.16 Å². The highest BCUT2D eigenvalue weighted by molar-refractivity contribution is 6.01. The summed E-state index contributed by atoms with van der Waals surface area (Å²) in [5.74, 6) is 0.108. The van der Waals surface area contributed by atoms with Gasteiger partial charge in [0.05, 0.1) is 26.3 Å². The second-order valence-electron chi connectivity index (χ2n) is 6.48. The third-order valence-corrected chi connectivity index (χ3v) is 4.85. The molecule has 0 aliphatic carbocycles. The molecule has 2 aliphatic rings. The fraction of sp³-hybridized carbons (Fsp3) is 0.389. The Labute approximate surface area is 149 Å². The lowest BCUT2D eigenvalue weighted by atomic mass is 10.1. The fourth-order valence-corrected chi connectivity index (χ4v) is 3.25. The minimum atomic E-state index is -0.410. The zero-order valence-electron chi connectivity index (χ0n) is 14.3. The average Bonchev–Trinajstić information content (AvgIpc) is 3.15. The van der Waals surface area contributed by atoms with Gasteiger partial charge in [0.2, 0.25) is 0 Å². The number of halogens is 1. The van der Waals surface area contributed by atoms with Crippen LogP contribution in [0.5, 0.6) is 0 Å². The predicted octanol–water partition coefficient (Wildman–Crippen LogP) is 2.16. The molecule has 8 heteroatoms. The molecule has 0 bridgehead atoms. The maximum atomic E-state index is 13.7. The number of carbonyl (C=O) groups is 2. The monoisotopic (exact) mass is 359 g/mol. The second kappa shape index (κ2) is 6.53. The van der Waals surface area contributed by atoms with Gasteiger partial charge in [0.1, 0.15) is 23.8 Å². The molecule has 0 N–H and O–H groups in total. The first-order chi connectivity index (χ1) is 12.5. The van der Waals surface area contributed by atoms with E-state index in [-0.39, 0.29) is 31.4 Å². The van der Waals surface area contributed by atoms with E-state index in [0.717, 1.165) is 16.2 Å². The molecular weight excluding hydrogens is 341 g/mol. The molecule has 0 radical (unpaired) electrons. The van der Waals surface area contributed by atoms with Crippen LogP contribution in [-0.4, -0.2) is 40.0 Å². The maximum absolute atomic E-state index is 13.7. The normalized spacial score (nSPS) is 17.2. The van der Waals surface area contributed by atoms with Gasteiger partial charge in [0.15, 0.2) is 0 Å². The Morgan fingerprint density at radius 3 is 2.96 bits per heavy atom. The number of nitrogens with zero attached hydrogens (tertiary/aromatic N) is 3. The van der Waals surface area contributed by atoms with E-state index in [0.29, 0.717) is 36.5 Å². The van der Waals surface area contributed by atoms with E-state index < -0.39 is 6.03 Å². The summed E-state index contributed by atoms with van der Waals surface area (Å²) in [6, 6.07) is 4.23. The maximum Gasteiger partial charge on any atom is 0.327 e. The molecule has 136 valence electrons. The van der Waals surface area contributed by atoms with Crippen LogP contribution in [0.1, 0.15) is 28.1 Å². The third kappa shape index (κ3) is 2.86. The van der Waals surface area contributed by atoms with Gasteiger partial charge < -0.3 is 14.2 Å². The molecule has 0 saturated carbocycles. The quantitative estimate of drug-likeness (QED) is 0.782. The molecule has 3 amide bonds. The molecule has 1 aromatic carbocycles. The molecule has 0 unspecified atom stereocenters. The number of carbonyl (C=O) groups excluding carboxylic acids is 2. The van der Waals surface area contributed by atoms with Gasteiger partial charge in [-0.05, 0) is 24.1 Å². The van der Waals surface area contributed by atoms with Gasteiger partial charge in [-0.1, -0.05) is 17.3 Å². The number of hydrogen-bond acceptors (Lipinski definition) is 5. The van der Waals surface area contributed by atoms with Crippen LogP contribution in [0.25, 0.3) is 0 Å². The largest absolute Gasteiger partial charge is 0.376 e. The highest BCUT2D eigenvalue weighted by Crippen LogP contribution is 2.24. The summed E-state index contributed by atoms with van der Waals surface area (Å²) in [6.07, 6.45) is 0.653. The van der Waals surface area contributed by atoms with Crippen molar-refractivity contribution in [1.29, 1.82) is 0 Å². The van der Waals surface area contributed by atoms with Gasteiger partial charge in [-0.25, -0.2) is 9.18 Å². The Balaban J connectivity index is 1.50. The smallest absolute Gasteiger partial charge is 0.327 e. The van der Waals surface area contributed by atoms with Crippen molar-refractivity contribution < 1.29 is 23.2 Å². The summed E-state index contributed by atoms with van der Waals surface area (Å²) in [6.45, 7) is 2.83. The molecule has 4 rings (SSSR count). The standard InChI is InChI=1S/C18H18FN3O4/c1-11-12(3-2-4-14(11)19)7-22-17(23)9-21(18(22)24)8-15-13-10-25-6-5-16(13)26-20-15/h2-4H,5-10H2,1H3. The van der Waals surface area contributed by atoms with Gasteiger partial charge in [-0.3, -0.25) is 9.69 Å². The summed E-state index contributed by atoms with van der Waals surface area (Å²) < 4.78 is 24.4. The lowest BCUT2D eigenvalue weighted by Crippen LogP contribution is -2.33. The molecular formula is C18H18FN3O4. The van der Waals surface area contributed by atoms with E-state index in [9.17, 15) is 14.0 Å². The Morgan fingerprint density at radius 1 is 1.27 bits per heavy atom. The lowest BCUT2D eigenvalue weighted by molar-refractivity contribution is -0.125. The Hall–Kier alpha value is -2.74. The first-order valence-electron chi connectivity index (χ1n) is 8.42. The van der Waals surface area contributed by atoms with Crippen LogP contribution in [0, 0.1) is 12.7 Å². The number of imide groups is 1. The summed E-state index contributed by atoms with van der Waals surface area (Å²) >= 11 is 0. The second-order valence-corrected chi connectivity index (χ2v) is 6.48. The molecule has 26 heavy (non-hydrogen) atoms. The summed E-state index contributed by atoms with van der Waals surface area (Å²) in [5.41, 5.74) is 2.52. The van der Waals surface area contributed by atoms with Crippen molar-refractivity contribution in [1.82, 2.24) is 15.0 Å². The van der Waals surface area contributed by atoms with Gasteiger partial charge >= 0.3 is 6.03 Å². The third-order valence-electron chi connectivity index (χ3n) is 4.85. The van der Waals surface area contributed by atoms with Gasteiger partial charge in [0, 0.05) is 12.0 Å². The van der Waals surface area contributed by atoms with E-state index in [1.807, 2.05) is 0 Å². The zero-order valence-corrected chi connectivity index (χ0v) is 14.3. The van der Waals surface area contributed by atoms with Crippen molar-refractivity contribution >= 4 is 11.9 Å². The molecule has 1 aromatic heterocycles. The first-order valence-corrected chi connectivity index (χ1v) is 8.42. The molecule has 3 heterocycles. The van der Waals surface area contributed by atoms with Crippen LogP contribution in [-0.2, 0) is 35.6 Å². The molecule has 0 spiro atoms. The van der Waals surface area contributed by atoms with Gasteiger partial charge in [-0.2, -0.15) is 0 Å². The number of benzene rings is 1. The fourth-order valence-electron chi connectivity index (χ4n) is 3.25. The summed E-state index contributed by atoms with van der Waals surface area (Å²) in [7, 11) is 0. The van der Waals surface area contributed by atoms with Crippen LogP contribution < -0.4 is 0 Å². The first kappa shape index (κ1) is 16.7. The summed E-state index contributed by atoms with van der Waals surface area (Å²) in [5, 5.41) is 4.03. The number of fused-ring (bicyclic) bond motifs is 1. The minimum absolute atomic E-state index is 0.0321. The lowest BCUT2D eigenvalue weighted by Gasteiger charge is -2.18. The van der Waals surface area contributed by atoms with Crippen LogP contribution in [0.3, 0.4) is 0 Å². The van der Waals surface area contributed by atoms with E-state index in [1.54, 1.807) is 19.1 Å². The van der Waals surface area contributed by atoms with E-state index >= 15 is 0 Å². The SMILES string of the molecule is Cc1c(F)cccc1CN1C(=O)CN(Cc2noc3c2COCC3)C1=O. The average molecular weight is 359 g/mol. The zero-order chi connectivity index (χ0) is 18.3. The van der Waals surface area contributed by atoms with Crippen LogP contribution in [0.2, 0.25) is 0 Å². The molecule has 0 atom stereocenters. The highest BCUT2D eigenvalue weighted by Gasteiger charge is 2.37. The van der Waals surface area contributed by atoms with E-state index in [4.69, 9.17) is 9.26 Å². The van der Waals surface area contributed by atoms with Crippen molar-refractivity contribution in [2.45, 2.75) is 33.0 Å². The molecule has 1 saturated heterocycles. The number of urea groups is 1. The number of amides is 3. The highest BCUT2D eigenvalue weighted by atomic mass is 19.1. The molecule has 7 nitrogen and oxygen atoms in total. The molecule has 1 fully saturated rings. The van der Waals surface area contributed by atoms with Crippen molar-refractivity contribution in [3.63, 3.8) is 0 Å². The van der Waals surface area contributed by atoms with Crippen molar-refractivity contribution in [2.24, 2.45) is 0 Å². The van der Waals surface area contributed by atoms with Crippen molar-refractivity contribution in [3.05, 3.63) is 52.2 Å². The number of aromatic nitrogens is 1. The Bertz CT molecular complexity index is 879. The predicted molar refractivity (Wildman–Crippen MR) is 87.4 cm³/mol. The van der Waals surface area contributed by atoms with Crippen molar-refractivity contribution in [2.75, 3.05) is 13.2 Å². The van der Waals surface area contributed by atoms with Crippen LogP contribution in [0.4, 0.5) is 9.18 Å². The van der Waals surface area contributed by atoms with Gasteiger partial charge in [0.25, 0.3) is 5.91 Å². The summed E-state index contributed by atoms with van der Waals surface area (Å²) in [4.78, 5) is 27.5. The van der Waals surface area contributed by atoms with Crippen LogP contribution in [0.15, 0.2) is 22.7 Å². The van der Waals surface area contributed by atoms with Crippen molar-refractivity contribution in [3.8, 4) is 0 Å². The minimum Gasteiger partial charge on any atom is -0.376 e. The number of rotatable bonds is 4. The number of ether oxygens (including phenoxy) is 1. The Morgan fingerprint density at radius 2 is 2.12 bits per heavy atom.